The number of nitrogens with zero attached hydrogens (tertiary/aromatic N) is 3. The molecule has 30 heavy (non-hydrogen) atoms. The highest BCUT2D eigenvalue weighted by Gasteiger charge is 2.19. The highest BCUT2D eigenvalue weighted by atomic mass is 32.1. The number of rotatable bonds is 9. The number of carbonyl (C=O) groups is 1. The van der Waals surface area contributed by atoms with Crippen LogP contribution in [0.4, 0.5) is 0 Å². The van der Waals surface area contributed by atoms with Gasteiger partial charge < -0.3 is 9.67 Å². The molecule has 0 aliphatic rings. The summed E-state index contributed by atoms with van der Waals surface area (Å²) in [4.78, 5) is 17.7. The van der Waals surface area contributed by atoms with Gasteiger partial charge in [0, 0.05) is 29.8 Å². The van der Waals surface area contributed by atoms with Crippen LogP contribution < -0.4 is 0 Å². The third kappa shape index (κ3) is 5.05. The molecule has 3 aromatic rings. The molecule has 0 amide bonds. The summed E-state index contributed by atoms with van der Waals surface area (Å²) < 4.78 is 2.11. The Morgan fingerprint density at radius 2 is 2.03 bits per heavy atom. The quantitative estimate of drug-likeness (QED) is 0.477. The summed E-state index contributed by atoms with van der Waals surface area (Å²) in [5.74, 6) is 0.0542. The topological polar surface area (TPSA) is 78.9 Å². The van der Waals surface area contributed by atoms with E-state index in [1.165, 1.54) is 0 Å². The van der Waals surface area contributed by atoms with E-state index < -0.39 is 5.97 Å². The molecule has 5 nitrogen and oxygen atoms in total. The van der Waals surface area contributed by atoms with Gasteiger partial charge in [-0.25, -0.2) is 9.78 Å². The van der Waals surface area contributed by atoms with Crippen LogP contribution in [-0.2, 0) is 24.2 Å². The molecule has 6 heteroatoms. The van der Waals surface area contributed by atoms with E-state index in [9.17, 15) is 9.90 Å². The van der Waals surface area contributed by atoms with Crippen molar-refractivity contribution >= 4 is 22.9 Å². The summed E-state index contributed by atoms with van der Waals surface area (Å²) >= 11 is 1.56. The average molecular weight is 420 g/mol. The number of thiophene rings is 1. The molecule has 1 N–H and O–H groups in total. The Labute approximate surface area is 180 Å². The Morgan fingerprint density at radius 3 is 2.63 bits per heavy atom. The van der Waals surface area contributed by atoms with Crippen molar-refractivity contribution in [2.24, 2.45) is 0 Å². The zero-order valence-electron chi connectivity index (χ0n) is 17.3. The predicted octanol–water partition coefficient (Wildman–Crippen LogP) is 5.31. The molecule has 0 aliphatic heterocycles. The number of aromatic nitrogens is 2. The Hall–Kier alpha value is -3.17. The van der Waals surface area contributed by atoms with Gasteiger partial charge in [-0.15, -0.1) is 11.3 Å². The van der Waals surface area contributed by atoms with Crippen LogP contribution in [0.5, 0.6) is 0 Å². The summed E-state index contributed by atoms with van der Waals surface area (Å²) in [5, 5.41) is 20.9. The van der Waals surface area contributed by atoms with Gasteiger partial charge in [0.15, 0.2) is 0 Å². The lowest BCUT2D eigenvalue weighted by Gasteiger charge is -2.15. The van der Waals surface area contributed by atoms with Crippen molar-refractivity contribution < 1.29 is 9.90 Å². The van der Waals surface area contributed by atoms with Gasteiger partial charge in [-0.1, -0.05) is 31.5 Å². The molecule has 2 aromatic heterocycles. The van der Waals surface area contributed by atoms with Crippen LogP contribution in [0.25, 0.3) is 5.57 Å². The van der Waals surface area contributed by atoms with Crippen molar-refractivity contribution in [1.82, 2.24) is 9.55 Å². The minimum atomic E-state index is -0.901. The molecule has 0 saturated heterocycles. The Morgan fingerprint density at radius 1 is 1.27 bits per heavy atom. The average Bonchev–Trinajstić information content (AvgIpc) is 3.40. The number of carboxylic acid groups (broad SMARTS) is 1. The van der Waals surface area contributed by atoms with Crippen molar-refractivity contribution in [3.05, 3.63) is 81.1 Å². The number of aryl methyl sites for hydroxylation is 1. The number of benzene rings is 1. The van der Waals surface area contributed by atoms with Crippen molar-refractivity contribution in [2.75, 3.05) is 0 Å². The molecule has 0 saturated carbocycles. The minimum Gasteiger partial charge on any atom is -0.478 e. The van der Waals surface area contributed by atoms with Crippen LogP contribution in [0, 0.1) is 11.3 Å². The van der Waals surface area contributed by atoms with Crippen LogP contribution in [0.1, 0.15) is 54.2 Å². The fourth-order valence-corrected chi connectivity index (χ4v) is 4.12. The molecule has 0 bridgehead atoms. The monoisotopic (exact) mass is 419 g/mol. The molecule has 0 fully saturated rings. The lowest BCUT2D eigenvalue weighted by atomic mass is 10.0. The molecule has 3 rings (SSSR count). The smallest absolute Gasteiger partial charge is 0.332 e. The van der Waals surface area contributed by atoms with Crippen LogP contribution in [0.15, 0.2) is 53.5 Å². The maximum absolute atomic E-state index is 12.0. The molecule has 0 spiro atoms. The van der Waals surface area contributed by atoms with Gasteiger partial charge in [0.05, 0.1) is 23.5 Å². The van der Waals surface area contributed by atoms with E-state index in [0.29, 0.717) is 24.1 Å². The number of imidazole rings is 1. The van der Waals surface area contributed by atoms with Crippen molar-refractivity contribution in [3.63, 3.8) is 0 Å². The first kappa shape index (κ1) is 21.5. The van der Waals surface area contributed by atoms with E-state index in [1.807, 2.05) is 36.6 Å². The molecule has 0 unspecified atom stereocenters. The molecule has 0 atom stereocenters. The second kappa shape index (κ2) is 10.0. The molecule has 1 aromatic carbocycles. The largest absolute Gasteiger partial charge is 0.478 e. The van der Waals surface area contributed by atoms with Crippen LogP contribution in [-0.4, -0.2) is 20.6 Å². The molecule has 2 heterocycles. The third-order valence-corrected chi connectivity index (χ3v) is 6.02. The lowest BCUT2D eigenvalue weighted by molar-refractivity contribution is -0.132. The maximum Gasteiger partial charge on any atom is 0.332 e. The fourth-order valence-electron chi connectivity index (χ4n) is 3.40. The van der Waals surface area contributed by atoms with Gasteiger partial charge in [-0.2, -0.15) is 5.26 Å². The van der Waals surface area contributed by atoms with Crippen LogP contribution in [0.3, 0.4) is 0 Å². The van der Waals surface area contributed by atoms with E-state index in [2.05, 4.69) is 22.5 Å². The Kier molecular flexibility index (Phi) is 7.21. The number of unbranched alkanes of at least 4 members (excludes halogenated alkanes) is 1. The summed E-state index contributed by atoms with van der Waals surface area (Å²) in [5.41, 5.74) is 3.63. The summed E-state index contributed by atoms with van der Waals surface area (Å²) in [6.45, 7) is 4.60. The van der Waals surface area contributed by atoms with Crippen molar-refractivity contribution in [1.29, 1.82) is 5.26 Å². The number of hydrogen-bond acceptors (Lipinski definition) is 4. The number of nitriles is 1. The molecular formula is C24H25N3O2S. The van der Waals surface area contributed by atoms with Crippen molar-refractivity contribution in [3.8, 4) is 6.07 Å². The number of aliphatic carboxylic acids is 1. The number of carboxylic acids is 1. The standard InChI is InChI=1S/C24H25N3O2S/c1-3-4-7-23-26-15-22(27(23)16-19-10-8-18(14-25)9-11-19)17(2)21(24(28)29)13-20-6-5-12-30-20/h5-6,8-12,15H,3-4,7,13,16H2,1-2H3,(H,28,29)/b21-17+. The minimum absolute atomic E-state index is 0.389. The van der Waals surface area contributed by atoms with E-state index in [1.54, 1.807) is 29.7 Å². The highest BCUT2D eigenvalue weighted by molar-refractivity contribution is 7.09. The number of hydrogen-bond donors (Lipinski definition) is 1. The number of allylic oxidation sites excluding steroid dienone is 1. The Bertz CT molecular complexity index is 1070. The molecule has 0 radical (unpaired) electrons. The lowest BCUT2D eigenvalue weighted by Crippen LogP contribution is -2.11. The van der Waals surface area contributed by atoms with Crippen LogP contribution >= 0.6 is 11.3 Å². The fraction of sp³-hybridized carbons (Fsp3) is 0.292. The second-order valence-electron chi connectivity index (χ2n) is 7.22. The molecule has 0 aliphatic carbocycles. The molecular weight excluding hydrogens is 394 g/mol. The zero-order chi connectivity index (χ0) is 21.5. The summed E-state index contributed by atoms with van der Waals surface area (Å²) in [6, 6.07) is 13.5. The zero-order valence-corrected chi connectivity index (χ0v) is 18.1. The van der Waals surface area contributed by atoms with Gasteiger partial charge in [-0.05, 0) is 48.1 Å². The first-order valence-corrected chi connectivity index (χ1v) is 10.9. The first-order valence-electron chi connectivity index (χ1n) is 10.0. The Balaban J connectivity index is 2.02. The van der Waals surface area contributed by atoms with E-state index in [-0.39, 0.29) is 0 Å². The third-order valence-electron chi connectivity index (χ3n) is 5.14. The van der Waals surface area contributed by atoms with E-state index in [0.717, 1.165) is 46.8 Å². The SMILES string of the molecule is CCCCc1ncc(/C(C)=C(\Cc2cccs2)C(=O)O)n1Cc1ccc(C#N)cc1. The summed E-state index contributed by atoms with van der Waals surface area (Å²) in [7, 11) is 0. The van der Waals surface area contributed by atoms with E-state index in [4.69, 9.17) is 5.26 Å². The van der Waals surface area contributed by atoms with Crippen LogP contribution in [0.2, 0.25) is 0 Å². The van der Waals surface area contributed by atoms with Gasteiger partial charge in [0.25, 0.3) is 0 Å². The normalized spacial score (nSPS) is 11.8. The van der Waals surface area contributed by atoms with Gasteiger partial charge in [-0.3, -0.25) is 0 Å². The van der Waals surface area contributed by atoms with Gasteiger partial charge in [0.1, 0.15) is 5.82 Å². The second-order valence-corrected chi connectivity index (χ2v) is 8.26. The maximum atomic E-state index is 12.0. The first-order chi connectivity index (χ1) is 14.5. The van der Waals surface area contributed by atoms with Gasteiger partial charge >= 0.3 is 5.97 Å². The van der Waals surface area contributed by atoms with Gasteiger partial charge in [0.2, 0.25) is 0 Å². The summed E-state index contributed by atoms with van der Waals surface area (Å²) in [6.07, 6.45) is 5.11. The van der Waals surface area contributed by atoms with Crippen molar-refractivity contribution in [2.45, 2.75) is 46.1 Å². The predicted molar refractivity (Wildman–Crippen MR) is 119 cm³/mol. The highest BCUT2D eigenvalue weighted by Crippen LogP contribution is 2.26. The molecule has 154 valence electrons. The van der Waals surface area contributed by atoms with E-state index >= 15 is 0 Å².